The molecule has 1 heteroatoms. The first-order chi connectivity index (χ1) is 6.86. The maximum absolute atomic E-state index is 4.50. The fourth-order valence-corrected chi connectivity index (χ4v) is 1.52. The molecule has 1 aromatic rings. The Kier molecular flexibility index (Phi) is 8.25. The van der Waals surface area contributed by atoms with Gasteiger partial charge in [0.1, 0.15) is 0 Å². The Hall–Kier alpha value is -0.820. The molecule has 0 aliphatic rings. The molecule has 0 radical (unpaired) electrons. The van der Waals surface area contributed by atoms with Gasteiger partial charge in [0.2, 0.25) is 0 Å². The lowest BCUT2D eigenvalue weighted by Crippen LogP contribution is -2.00. The average molecular weight is 193 g/mol. The van der Waals surface area contributed by atoms with E-state index in [9.17, 15) is 0 Å². The molecule has 1 rings (SSSR count). The van der Waals surface area contributed by atoms with Crippen molar-refractivity contribution in [2.45, 2.75) is 33.1 Å². The van der Waals surface area contributed by atoms with Gasteiger partial charge in [0, 0.05) is 0 Å². The minimum absolute atomic E-state index is 0.868. The summed E-state index contributed by atoms with van der Waals surface area (Å²) < 4.78 is 0. The van der Waals surface area contributed by atoms with E-state index >= 15 is 0 Å². The second kappa shape index (κ2) is 8.76. The van der Waals surface area contributed by atoms with Crippen molar-refractivity contribution < 1.29 is 0 Å². The summed E-state index contributed by atoms with van der Waals surface area (Å²) in [6.45, 7) is 4.55. The summed E-state index contributed by atoms with van der Waals surface area (Å²) in [4.78, 5) is 0. The van der Waals surface area contributed by atoms with E-state index in [-0.39, 0.29) is 0 Å². The van der Waals surface area contributed by atoms with Crippen LogP contribution in [0.2, 0.25) is 0 Å². The van der Waals surface area contributed by atoms with Gasteiger partial charge in [0.25, 0.3) is 0 Å². The first kappa shape index (κ1) is 13.2. The van der Waals surface area contributed by atoms with Crippen LogP contribution in [0.4, 0.5) is 0 Å². The Bertz CT molecular complexity index is 202. The van der Waals surface area contributed by atoms with Crippen LogP contribution in [0.1, 0.15) is 32.3 Å². The molecule has 0 amide bonds. The molecule has 1 nitrogen and oxygen atoms in total. The maximum atomic E-state index is 4.50. The molecule has 0 spiro atoms. The monoisotopic (exact) mass is 193 g/mol. The SMILES string of the molecule is CCC(CC)Cc1ccccc1.CN. The van der Waals surface area contributed by atoms with Crippen molar-refractivity contribution in [3.05, 3.63) is 35.9 Å². The zero-order chi connectivity index (χ0) is 10.8. The van der Waals surface area contributed by atoms with Crippen LogP contribution in [-0.2, 0) is 6.42 Å². The summed E-state index contributed by atoms with van der Waals surface area (Å²) in [5.41, 5.74) is 5.98. The van der Waals surface area contributed by atoms with Crippen LogP contribution in [0.25, 0.3) is 0 Å². The lowest BCUT2D eigenvalue weighted by Gasteiger charge is -2.11. The predicted octanol–water partition coefficient (Wildman–Crippen LogP) is 3.24. The van der Waals surface area contributed by atoms with Crippen molar-refractivity contribution >= 4 is 0 Å². The summed E-state index contributed by atoms with van der Waals surface area (Å²) in [5, 5.41) is 0. The van der Waals surface area contributed by atoms with Crippen molar-refractivity contribution in [3.8, 4) is 0 Å². The molecule has 80 valence electrons. The molecule has 0 unspecified atom stereocenters. The van der Waals surface area contributed by atoms with Crippen molar-refractivity contribution in [1.82, 2.24) is 0 Å². The topological polar surface area (TPSA) is 26.0 Å². The molecule has 1 aromatic carbocycles. The molecular weight excluding hydrogens is 170 g/mol. The molecule has 0 saturated heterocycles. The van der Waals surface area contributed by atoms with Crippen molar-refractivity contribution in [3.63, 3.8) is 0 Å². The number of hydrogen-bond donors (Lipinski definition) is 1. The molecule has 0 aliphatic carbocycles. The Morgan fingerprint density at radius 1 is 1.00 bits per heavy atom. The third-order valence-electron chi connectivity index (χ3n) is 2.52. The third kappa shape index (κ3) is 5.03. The molecule has 0 fully saturated rings. The smallest absolute Gasteiger partial charge is 0.0195 e. The Morgan fingerprint density at radius 3 is 1.93 bits per heavy atom. The zero-order valence-electron chi connectivity index (χ0n) is 9.66. The highest BCUT2D eigenvalue weighted by atomic mass is 14.4. The molecule has 0 bridgehead atoms. The van der Waals surface area contributed by atoms with Gasteiger partial charge in [-0.25, -0.2) is 0 Å². The largest absolute Gasteiger partial charge is 0.333 e. The summed E-state index contributed by atoms with van der Waals surface area (Å²) in [6, 6.07) is 10.8. The zero-order valence-corrected chi connectivity index (χ0v) is 9.66. The third-order valence-corrected chi connectivity index (χ3v) is 2.52. The molecular formula is C13H23N. The van der Waals surface area contributed by atoms with E-state index in [0.29, 0.717) is 0 Å². The number of benzene rings is 1. The second-order valence-corrected chi connectivity index (χ2v) is 3.37. The van der Waals surface area contributed by atoms with Crippen molar-refractivity contribution in [1.29, 1.82) is 0 Å². The summed E-state index contributed by atoms with van der Waals surface area (Å²) in [6.07, 6.45) is 3.84. The Balaban J connectivity index is 0.000000791. The first-order valence-corrected chi connectivity index (χ1v) is 5.48. The van der Waals surface area contributed by atoms with Gasteiger partial charge in [0.05, 0.1) is 0 Å². The minimum Gasteiger partial charge on any atom is -0.333 e. The summed E-state index contributed by atoms with van der Waals surface area (Å²) in [7, 11) is 1.50. The van der Waals surface area contributed by atoms with Gasteiger partial charge in [-0.3, -0.25) is 0 Å². The van der Waals surface area contributed by atoms with Crippen LogP contribution in [0.15, 0.2) is 30.3 Å². The van der Waals surface area contributed by atoms with Crippen LogP contribution in [0.3, 0.4) is 0 Å². The normalized spacial score (nSPS) is 9.50. The van der Waals surface area contributed by atoms with Gasteiger partial charge in [0.15, 0.2) is 0 Å². The first-order valence-electron chi connectivity index (χ1n) is 5.48. The molecule has 0 aliphatic heterocycles. The standard InChI is InChI=1S/C12H18.CH5N/c1-3-11(4-2)10-12-8-6-5-7-9-12;1-2/h5-9,11H,3-4,10H2,1-2H3;2H2,1H3. The van der Waals surface area contributed by atoms with Crippen molar-refractivity contribution in [2.24, 2.45) is 11.7 Å². The fourth-order valence-electron chi connectivity index (χ4n) is 1.52. The van der Waals surface area contributed by atoms with Crippen molar-refractivity contribution in [2.75, 3.05) is 7.05 Å². The van der Waals surface area contributed by atoms with E-state index < -0.39 is 0 Å². The molecule has 0 heterocycles. The molecule has 0 atom stereocenters. The van der Waals surface area contributed by atoms with Crippen LogP contribution < -0.4 is 5.73 Å². The lowest BCUT2D eigenvalue weighted by atomic mass is 9.95. The van der Waals surface area contributed by atoms with Gasteiger partial charge in [-0.2, -0.15) is 0 Å². The summed E-state index contributed by atoms with van der Waals surface area (Å²) in [5.74, 6) is 0.868. The van der Waals surface area contributed by atoms with Gasteiger partial charge < -0.3 is 5.73 Å². The second-order valence-electron chi connectivity index (χ2n) is 3.37. The van der Waals surface area contributed by atoms with E-state index in [4.69, 9.17) is 0 Å². The van der Waals surface area contributed by atoms with E-state index in [1.807, 2.05) is 0 Å². The van der Waals surface area contributed by atoms with Gasteiger partial charge in [-0.05, 0) is 24.9 Å². The van der Waals surface area contributed by atoms with Gasteiger partial charge >= 0.3 is 0 Å². The fraction of sp³-hybridized carbons (Fsp3) is 0.538. The number of nitrogens with two attached hydrogens (primary N) is 1. The minimum atomic E-state index is 0.868. The van der Waals surface area contributed by atoms with Crippen LogP contribution >= 0.6 is 0 Å². The number of rotatable bonds is 4. The van der Waals surface area contributed by atoms with E-state index in [2.05, 4.69) is 49.9 Å². The molecule has 14 heavy (non-hydrogen) atoms. The van der Waals surface area contributed by atoms with E-state index in [1.54, 1.807) is 0 Å². The van der Waals surface area contributed by atoms with E-state index in [0.717, 1.165) is 5.92 Å². The van der Waals surface area contributed by atoms with Crippen LogP contribution in [0.5, 0.6) is 0 Å². The summed E-state index contributed by atoms with van der Waals surface area (Å²) >= 11 is 0. The Labute approximate surface area is 88.3 Å². The Morgan fingerprint density at radius 2 is 1.50 bits per heavy atom. The van der Waals surface area contributed by atoms with Crippen LogP contribution in [-0.4, -0.2) is 7.05 Å². The number of hydrogen-bond acceptors (Lipinski definition) is 1. The quantitative estimate of drug-likeness (QED) is 0.780. The highest BCUT2D eigenvalue weighted by Gasteiger charge is 2.03. The van der Waals surface area contributed by atoms with Gasteiger partial charge in [-0.15, -0.1) is 0 Å². The lowest BCUT2D eigenvalue weighted by molar-refractivity contribution is 0.490. The molecule has 2 N–H and O–H groups in total. The highest BCUT2D eigenvalue weighted by Crippen LogP contribution is 2.14. The van der Waals surface area contributed by atoms with Gasteiger partial charge in [-0.1, -0.05) is 57.0 Å². The van der Waals surface area contributed by atoms with Crippen LogP contribution in [0, 0.1) is 5.92 Å². The van der Waals surface area contributed by atoms with E-state index in [1.165, 1.54) is 31.9 Å². The highest BCUT2D eigenvalue weighted by molar-refractivity contribution is 5.15. The average Bonchev–Trinajstić information content (AvgIpc) is 2.30. The predicted molar refractivity (Wildman–Crippen MR) is 64.3 cm³/mol. The molecule has 0 saturated carbocycles. The maximum Gasteiger partial charge on any atom is -0.0195 e. The molecule has 0 aromatic heterocycles.